The van der Waals surface area contributed by atoms with Crippen LogP contribution in [-0.2, 0) is 6.54 Å². The molecule has 5 heteroatoms. The van der Waals surface area contributed by atoms with Crippen molar-refractivity contribution in [3.05, 3.63) is 35.1 Å². The van der Waals surface area contributed by atoms with Crippen LogP contribution in [0, 0.1) is 17.5 Å². The lowest BCUT2D eigenvalue weighted by atomic mass is 10.1. The highest BCUT2D eigenvalue weighted by molar-refractivity contribution is 5.20. The molecule has 16 heavy (non-hydrogen) atoms. The third kappa shape index (κ3) is 2.54. The van der Waals surface area contributed by atoms with E-state index in [2.05, 4.69) is 5.32 Å². The van der Waals surface area contributed by atoms with Crippen LogP contribution in [0.15, 0.2) is 12.1 Å². The van der Waals surface area contributed by atoms with Crippen LogP contribution in [-0.4, -0.2) is 31.1 Å². The molecule has 1 aromatic rings. The first-order valence-corrected chi connectivity index (χ1v) is 5.23. The third-order valence-corrected chi connectivity index (χ3v) is 2.69. The van der Waals surface area contributed by atoms with Crippen molar-refractivity contribution in [3.8, 4) is 0 Å². The molecule has 1 aliphatic rings. The van der Waals surface area contributed by atoms with Crippen LogP contribution in [0.4, 0.5) is 13.2 Å². The molecule has 88 valence electrons. The van der Waals surface area contributed by atoms with Gasteiger partial charge in [0.05, 0.1) is 0 Å². The second kappa shape index (κ2) is 4.84. The van der Waals surface area contributed by atoms with Gasteiger partial charge in [0.1, 0.15) is 5.82 Å². The number of benzene rings is 1. The first-order valence-electron chi connectivity index (χ1n) is 5.23. The van der Waals surface area contributed by atoms with Gasteiger partial charge in [-0.05, 0) is 6.07 Å². The normalized spacial score (nSPS) is 17.7. The third-order valence-electron chi connectivity index (χ3n) is 2.69. The number of rotatable bonds is 2. The molecular weight excluding hydrogens is 217 g/mol. The average Bonchev–Trinajstić information content (AvgIpc) is 2.27. The molecule has 0 bridgehead atoms. The Morgan fingerprint density at radius 2 is 1.62 bits per heavy atom. The summed E-state index contributed by atoms with van der Waals surface area (Å²) >= 11 is 0. The maximum Gasteiger partial charge on any atom is 0.161 e. The summed E-state index contributed by atoms with van der Waals surface area (Å²) in [5, 5.41) is 3.17. The highest BCUT2D eigenvalue weighted by Crippen LogP contribution is 2.15. The van der Waals surface area contributed by atoms with Crippen LogP contribution < -0.4 is 5.32 Å². The quantitative estimate of drug-likeness (QED) is 0.775. The van der Waals surface area contributed by atoms with Crippen molar-refractivity contribution in [2.45, 2.75) is 6.54 Å². The Bertz CT molecular complexity index is 376. The lowest BCUT2D eigenvalue weighted by molar-refractivity contribution is 0.230. The Labute approximate surface area is 92.1 Å². The fourth-order valence-electron chi connectivity index (χ4n) is 1.80. The molecule has 0 amide bonds. The zero-order chi connectivity index (χ0) is 11.5. The van der Waals surface area contributed by atoms with E-state index in [1.165, 1.54) is 0 Å². The topological polar surface area (TPSA) is 15.3 Å². The fraction of sp³-hybridized carbons (Fsp3) is 0.455. The van der Waals surface area contributed by atoms with Crippen molar-refractivity contribution in [1.29, 1.82) is 0 Å². The summed E-state index contributed by atoms with van der Waals surface area (Å²) in [4.78, 5) is 2.01. The van der Waals surface area contributed by atoms with E-state index in [-0.39, 0.29) is 5.56 Å². The number of halogens is 3. The lowest BCUT2D eigenvalue weighted by Crippen LogP contribution is -2.43. The van der Waals surface area contributed by atoms with E-state index in [9.17, 15) is 13.2 Å². The molecule has 0 saturated carbocycles. The van der Waals surface area contributed by atoms with E-state index in [0.717, 1.165) is 32.2 Å². The molecule has 2 rings (SSSR count). The molecule has 1 N–H and O–H groups in total. The van der Waals surface area contributed by atoms with Crippen LogP contribution in [0.3, 0.4) is 0 Å². The second-order valence-corrected chi connectivity index (χ2v) is 3.88. The zero-order valence-electron chi connectivity index (χ0n) is 8.77. The lowest BCUT2D eigenvalue weighted by Gasteiger charge is -2.27. The Morgan fingerprint density at radius 1 is 1.00 bits per heavy atom. The maximum atomic E-state index is 13.3. The van der Waals surface area contributed by atoms with Crippen LogP contribution in [0.2, 0.25) is 0 Å². The first kappa shape index (κ1) is 11.4. The van der Waals surface area contributed by atoms with Crippen molar-refractivity contribution in [3.63, 3.8) is 0 Å². The van der Waals surface area contributed by atoms with Crippen molar-refractivity contribution >= 4 is 0 Å². The first-order chi connectivity index (χ1) is 7.66. The molecule has 0 radical (unpaired) electrons. The number of piperazine rings is 1. The Hall–Kier alpha value is -1.07. The summed E-state index contributed by atoms with van der Waals surface area (Å²) in [6, 6.07) is 1.54. The van der Waals surface area contributed by atoms with Gasteiger partial charge in [-0.3, -0.25) is 4.90 Å². The number of hydrogen-bond donors (Lipinski definition) is 1. The van der Waals surface area contributed by atoms with E-state index in [4.69, 9.17) is 0 Å². The van der Waals surface area contributed by atoms with E-state index < -0.39 is 17.5 Å². The van der Waals surface area contributed by atoms with Crippen LogP contribution in [0.25, 0.3) is 0 Å². The van der Waals surface area contributed by atoms with E-state index >= 15 is 0 Å². The van der Waals surface area contributed by atoms with Crippen LogP contribution in [0.5, 0.6) is 0 Å². The van der Waals surface area contributed by atoms with Crippen LogP contribution >= 0.6 is 0 Å². The fourth-order valence-corrected chi connectivity index (χ4v) is 1.80. The van der Waals surface area contributed by atoms with Gasteiger partial charge < -0.3 is 5.32 Å². The van der Waals surface area contributed by atoms with Gasteiger partial charge >= 0.3 is 0 Å². The standard InChI is InChI=1S/C11H13F3N2/c12-9-6-11(14)10(13)5-8(9)7-16-3-1-15-2-4-16/h5-6,15H,1-4,7H2. The second-order valence-electron chi connectivity index (χ2n) is 3.88. The minimum atomic E-state index is -1.14. The average molecular weight is 230 g/mol. The Kier molecular flexibility index (Phi) is 3.46. The number of nitrogens with zero attached hydrogens (tertiary/aromatic N) is 1. The summed E-state index contributed by atoms with van der Waals surface area (Å²) < 4.78 is 39.0. The van der Waals surface area contributed by atoms with Gasteiger partial charge in [-0.15, -0.1) is 0 Å². The highest BCUT2D eigenvalue weighted by Gasteiger charge is 2.14. The van der Waals surface area contributed by atoms with Crippen molar-refractivity contribution in [2.75, 3.05) is 26.2 Å². The summed E-state index contributed by atoms with van der Waals surface area (Å²) in [5.74, 6) is -2.81. The molecule has 0 aliphatic carbocycles. The van der Waals surface area contributed by atoms with Gasteiger partial charge in [0.15, 0.2) is 11.6 Å². The molecule has 0 atom stereocenters. The van der Waals surface area contributed by atoms with Crippen molar-refractivity contribution in [1.82, 2.24) is 10.2 Å². The van der Waals surface area contributed by atoms with Gasteiger partial charge in [-0.2, -0.15) is 0 Å². The SMILES string of the molecule is Fc1cc(F)c(CN2CCNCC2)cc1F. The summed E-state index contributed by atoms with van der Waals surface area (Å²) in [7, 11) is 0. The molecule has 0 unspecified atom stereocenters. The summed E-state index contributed by atoms with van der Waals surface area (Å²) in [6.45, 7) is 3.58. The predicted octanol–water partition coefficient (Wildman–Crippen LogP) is 1.51. The molecule has 1 aliphatic heterocycles. The molecule has 1 fully saturated rings. The Morgan fingerprint density at radius 3 is 2.31 bits per heavy atom. The van der Waals surface area contributed by atoms with E-state index in [1.807, 2.05) is 4.90 Å². The smallest absolute Gasteiger partial charge is 0.161 e. The minimum Gasteiger partial charge on any atom is -0.314 e. The molecule has 0 aromatic heterocycles. The van der Waals surface area contributed by atoms with Crippen molar-refractivity contribution < 1.29 is 13.2 Å². The van der Waals surface area contributed by atoms with Crippen molar-refractivity contribution in [2.24, 2.45) is 0 Å². The van der Waals surface area contributed by atoms with Gasteiger partial charge in [0.25, 0.3) is 0 Å². The van der Waals surface area contributed by atoms with Gasteiger partial charge in [0.2, 0.25) is 0 Å². The minimum absolute atomic E-state index is 0.209. The zero-order valence-corrected chi connectivity index (χ0v) is 8.77. The predicted molar refractivity (Wildman–Crippen MR) is 54.5 cm³/mol. The summed E-state index contributed by atoms with van der Waals surface area (Å²) in [5.41, 5.74) is 0.209. The molecular formula is C11H13F3N2. The molecule has 1 aromatic carbocycles. The molecule has 0 spiro atoms. The number of nitrogens with one attached hydrogen (secondary N) is 1. The van der Waals surface area contributed by atoms with Crippen LogP contribution in [0.1, 0.15) is 5.56 Å². The maximum absolute atomic E-state index is 13.3. The molecule has 2 nitrogen and oxygen atoms in total. The van der Waals surface area contributed by atoms with Gasteiger partial charge in [0, 0.05) is 44.4 Å². The van der Waals surface area contributed by atoms with E-state index in [0.29, 0.717) is 12.6 Å². The molecule has 1 heterocycles. The highest BCUT2D eigenvalue weighted by atomic mass is 19.2. The monoisotopic (exact) mass is 230 g/mol. The van der Waals surface area contributed by atoms with E-state index in [1.54, 1.807) is 0 Å². The van der Waals surface area contributed by atoms with Gasteiger partial charge in [-0.25, -0.2) is 13.2 Å². The Balaban J connectivity index is 2.11. The number of hydrogen-bond acceptors (Lipinski definition) is 2. The summed E-state index contributed by atoms with van der Waals surface area (Å²) in [6.07, 6.45) is 0. The largest absolute Gasteiger partial charge is 0.314 e. The van der Waals surface area contributed by atoms with Gasteiger partial charge in [-0.1, -0.05) is 0 Å². The molecule has 1 saturated heterocycles.